The normalized spacial score (nSPS) is 8.36. The molecule has 60 valence electrons. The van der Waals surface area contributed by atoms with Gasteiger partial charge in [0.25, 0.3) is 0 Å². The van der Waals surface area contributed by atoms with Crippen LogP contribution in [-0.2, 0) is 9.53 Å². The fraction of sp³-hybridized carbons (Fsp3) is 0.444. The molecule has 0 amide bonds. The number of terminal acetylenes is 1. The number of carbonyl (C=O) groups excluding carboxylic acids is 1. The summed E-state index contributed by atoms with van der Waals surface area (Å²) in [6, 6.07) is 0. The van der Waals surface area contributed by atoms with Crippen molar-refractivity contribution in [3.8, 4) is 12.3 Å². The fourth-order valence-electron chi connectivity index (χ4n) is 0.650. The molecule has 0 unspecified atom stereocenters. The molecule has 2 heteroatoms. The molecule has 0 radical (unpaired) electrons. The summed E-state index contributed by atoms with van der Waals surface area (Å²) in [5.41, 5.74) is 0.489. The Balaban J connectivity index is 3.54. The minimum absolute atomic E-state index is 0.345. The van der Waals surface area contributed by atoms with Crippen molar-refractivity contribution in [2.24, 2.45) is 0 Å². The molecule has 0 aromatic rings. The van der Waals surface area contributed by atoms with Gasteiger partial charge in [0.2, 0.25) is 0 Å². The Labute approximate surface area is 67.2 Å². The van der Waals surface area contributed by atoms with E-state index in [1.54, 1.807) is 0 Å². The van der Waals surface area contributed by atoms with Gasteiger partial charge in [-0.25, -0.2) is 4.79 Å². The molecule has 11 heavy (non-hydrogen) atoms. The van der Waals surface area contributed by atoms with Gasteiger partial charge in [0.1, 0.15) is 0 Å². The van der Waals surface area contributed by atoms with Gasteiger partial charge < -0.3 is 4.74 Å². The number of hydrogen-bond acceptors (Lipinski definition) is 2. The number of carbonyl (C=O) groups is 1. The number of ether oxygens (including phenoxy) is 1. The van der Waals surface area contributed by atoms with Crippen molar-refractivity contribution in [3.05, 3.63) is 12.2 Å². The van der Waals surface area contributed by atoms with Crippen molar-refractivity contribution in [1.82, 2.24) is 0 Å². The van der Waals surface area contributed by atoms with Gasteiger partial charge in [-0.1, -0.05) is 6.58 Å². The molecule has 0 aromatic carbocycles. The molecule has 0 aliphatic carbocycles. The summed E-state index contributed by atoms with van der Waals surface area (Å²) in [5, 5.41) is 0. The maximum atomic E-state index is 10.7. The van der Waals surface area contributed by atoms with Crippen LogP contribution in [0, 0.1) is 12.3 Å². The number of rotatable bonds is 4. The van der Waals surface area contributed by atoms with Gasteiger partial charge >= 0.3 is 5.97 Å². The Morgan fingerprint density at radius 3 is 2.82 bits per heavy atom. The third kappa shape index (κ3) is 4.21. The summed E-state index contributed by atoms with van der Waals surface area (Å²) >= 11 is 0. The molecule has 0 bridgehead atoms. The summed E-state index contributed by atoms with van der Waals surface area (Å²) in [7, 11) is 1.34. The highest BCUT2D eigenvalue weighted by atomic mass is 16.5. The van der Waals surface area contributed by atoms with Crippen LogP contribution in [0.2, 0.25) is 0 Å². The molecule has 0 saturated carbocycles. The molecule has 0 aromatic heterocycles. The standard InChI is InChI=1S/C9H12O2/c1-4-5-6-7-8(2)9(10)11-3/h1H,2,5-7H2,3H3. The van der Waals surface area contributed by atoms with Crippen molar-refractivity contribution in [2.45, 2.75) is 19.3 Å². The van der Waals surface area contributed by atoms with Crippen molar-refractivity contribution in [1.29, 1.82) is 0 Å². The van der Waals surface area contributed by atoms with Crippen LogP contribution < -0.4 is 0 Å². The van der Waals surface area contributed by atoms with Gasteiger partial charge in [-0.15, -0.1) is 12.3 Å². The lowest BCUT2D eigenvalue weighted by Gasteiger charge is -2.00. The van der Waals surface area contributed by atoms with Crippen molar-refractivity contribution >= 4 is 5.97 Å². The Morgan fingerprint density at radius 2 is 2.36 bits per heavy atom. The zero-order chi connectivity index (χ0) is 8.69. The summed E-state index contributed by atoms with van der Waals surface area (Å²) in [4.78, 5) is 10.7. The van der Waals surface area contributed by atoms with Crippen molar-refractivity contribution < 1.29 is 9.53 Å². The fourth-order valence-corrected chi connectivity index (χ4v) is 0.650. The van der Waals surface area contributed by atoms with Gasteiger partial charge in [-0.3, -0.25) is 0 Å². The van der Waals surface area contributed by atoms with Crippen LogP contribution in [0.25, 0.3) is 0 Å². The highest BCUT2D eigenvalue weighted by Gasteiger charge is 2.04. The summed E-state index contributed by atoms with van der Waals surface area (Å²) in [6.07, 6.45) is 7.12. The maximum absolute atomic E-state index is 10.7. The number of hydrogen-bond donors (Lipinski definition) is 0. The largest absolute Gasteiger partial charge is 0.466 e. The second-order valence-electron chi connectivity index (χ2n) is 2.15. The Bertz CT molecular complexity index is 186. The summed E-state index contributed by atoms with van der Waals surface area (Å²) in [5.74, 6) is 2.14. The van der Waals surface area contributed by atoms with E-state index in [1.807, 2.05) is 0 Å². The van der Waals surface area contributed by atoms with E-state index in [-0.39, 0.29) is 5.97 Å². The van der Waals surface area contributed by atoms with Crippen LogP contribution in [0.3, 0.4) is 0 Å². The third-order valence-corrected chi connectivity index (χ3v) is 1.27. The van der Waals surface area contributed by atoms with Gasteiger partial charge in [0.05, 0.1) is 7.11 Å². The van der Waals surface area contributed by atoms with Gasteiger partial charge in [-0.2, -0.15) is 0 Å². The van der Waals surface area contributed by atoms with Crippen molar-refractivity contribution in [2.75, 3.05) is 7.11 Å². The zero-order valence-corrected chi connectivity index (χ0v) is 6.72. The molecule has 0 aliphatic heterocycles. The van der Waals surface area contributed by atoms with E-state index in [0.29, 0.717) is 18.4 Å². The molecule has 0 saturated heterocycles. The number of methoxy groups -OCH3 is 1. The van der Waals surface area contributed by atoms with E-state index in [4.69, 9.17) is 6.42 Å². The molecular weight excluding hydrogens is 140 g/mol. The van der Waals surface area contributed by atoms with Crippen LogP contribution >= 0.6 is 0 Å². The van der Waals surface area contributed by atoms with Gasteiger partial charge in [0.15, 0.2) is 0 Å². The van der Waals surface area contributed by atoms with E-state index in [2.05, 4.69) is 17.2 Å². The Morgan fingerprint density at radius 1 is 1.73 bits per heavy atom. The lowest BCUT2D eigenvalue weighted by molar-refractivity contribution is -0.136. The predicted molar refractivity (Wildman–Crippen MR) is 43.8 cm³/mol. The van der Waals surface area contributed by atoms with Gasteiger partial charge in [-0.05, 0) is 12.8 Å². The van der Waals surface area contributed by atoms with Crippen LogP contribution in [0.4, 0.5) is 0 Å². The molecule has 0 aliphatic rings. The first-order valence-corrected chi connectivity index (χ1v) is 3.42. The topological polar surface area (TPSA) is 26.3 Å². The first-order valence-electron chi connectivity index (χ1n) is 3.42. The first kappa shape index (κ1) is 9.77. The van der Waals surface area contributed by atoms with Crippen LogP contribution in [-0.4, -0.2) is 13.1 Å². The average Bonchev–Trinajstić information content (AvgIpc) is 2.03. The van der Waals surface area contributed by atoms with Crippen LogP contribution in [0.1, 0.15) is 19.3 Å². The Kier molecular flexibility index (Phi) is 4.93. The van der Waals surface area contributed by atoms with Crippen LogP contribution in [0.5, 0.6) is 0 Å². The first-order chi connectivity index (χ1) is 5.22. The molecule has 0 N–H and O–H groups in total. The van der Waals surface area contributed by atoms with E-state index >= 15 is 0 Å². The van der Waals surface area contributed by atoms with Crippen LogP contribution in [0.15, 0.2) is 12.2 Å². The quantitative estimate of drug-likeness (QED) is 0.264. The molecule has 0 atom stereocenters. The molecular formula is C9H12O2. The molecule has 2 nitrogen and oxygen atoms in total. The second kappa shape index (κ2) is 5.55. The third-order valence-electron chi connectivity index (χ3n) is 1.27. The minimum Gasteiger partial charge on any atom is -0.466 e. The number of unbranched alkanes of at least 4 members (excludes halogenated alkanes) is 1. The van der Waals surface area contributed by atoms with Gasteiger partial charge in [0, 0.05) is 12.0 Å². The highest BCUT2D eigenvalue weighted by molar-refractivity contribution is 5.87. The molecule has 0 heterocycles. The zero-order valence-electron chi connectivity index (χ0n) is 6.72. The molecule has 0 fully saturated rings. The second-order valence-corrected chi connectivity index (χ2v) is 2.15. The predicted octanol–water partition coefficient (Wildman–Crippen LogP) is 1.52. The molecule has 0 spiro atoms. The monoisotopic (exact) mass is 152 g/mol. The van der Waals surface area contributed by atoms with E-state index in [1.165, 1.54) is 7.11 Å². The van der Waals surface area contributed by atoms with E-state index in [0.717, 1.165) is 6.42 Å². The lowest BCUT2D eigenvalue weighted by Crippen LogP contribution is -2.02. The minimum atomic E-state index is -0.345. The summed E-state index contributed by atoms with van der Waals surface area (Å²) in [6.45, 7) is 3.55. The smallest absolute Gasteiger partial charge is 0.333 e. The lowest BCUT2D eigenvalue weighted by atomic mass is 10.1. The highest BCUT2D eigenvalue weighted by Crippen LogP contribution is 2.05. The SMILES string of the molecule is C#CCCCC(=C)C(=O)OC. The summed E-state index contributed by atoms with van der Waals surface area (Å²) < 4.78 is 4.45. The Hall–Kier alpha value is -1.23. The van der Waals surface area contributed by atoms with Crippen molar-refractivity contribution in [3.63, 3.8) is 0 Å². The molecule has 0 rings (SSSR count). The average molecular weight is 152 g/mol. The maximum Gasteiger partial charge on any atom is 0.333 e. The number of esters is 1. The van der Waals surface area contributed by atoms with E-state index in [9.17, 15) is 4.79 Å². The van der Waals surface area contributed by atoms with E-state index < -0.39 is 0 Å².